The van der Waals surface area contributed by atoms with Crippen molar-refractivity contribution in [1.29, 1.82) is 0 Å². The zero-order valence-electron chi connectivity index (χ0n) is 15.1. The molecule has 2 saturated heterocycles. The van der Waals surface area contributed by atoms with E-state index in [9.17, 15) is 14.4 Å². The first-order chi connectivity index (χ1) is 11.1. The SMILES string of the molecule is CCCCCC(=O)OC(C)(C)OC(=O)[C@@H]1N2C(=O)C[C@H]2SC1(C)C. The summed E-state index contributed by atoms with van der Waals surface area (Å²) in [5.74, 6) is -2.27. The Hall–Kier alpha value is -1.24. The molecule has 2 aliphatic heterocycles. The van der Waals surface area contributed by atoms with Gasteiger partial charge in [-0.1, -0.05) is 19.8 Å². The summed E-state index contributed by atoms with van der Waals surface area (Å²) < 4.78 is 10.3. The zero-order chi connectivity index (χ0) is 18.1. The van der Waals surface area contributed by atoms with Crippen LogP contribution in [0.25, 0.3) is 0 Å². The molecule has 0 aliphatic carbocycles. The molecule has 2 heterocycles. The van der Waals surface area contributed by atoms with E-state index in [2.05, 4.69) is 6.92 Å². The molecule has 0 aromatic heterocycles. The van der Waals surface area contributed by atoms with Gasteiger partial charge in [-0.3, -0.25) is 9.59 Å². The van der Waals surface area contributed by atoms with Crippen molar-refractivity contribution in [3.63, 3.8) is 0 Å². The van der Waals surface area contributed by atoms with Crippen LogP contribution in [0.2, 0.25) is 0 Å². The van der Waals surface area contributed by atoms with Gasteiger partial charge in [0.1, 0.15) is 6.04 Å². The second kappa shape index (κ2) is 6.94. The number of carbonyl (C=O) groups is 3. The molecular weight excluding hydrogens is 330 g/mol. The maximum atomic E-state index is 12.6. The molecule has 7 heteroatoms. The molecule has 0 N–H and O–H groups in total. The van der Waals surface area contributed by atoms with Crippen LogP contribution in [0.15, 0.2) is 0 Å². The molecule has 0 spiro atoms. The van der Waals surface area contributed by atoms with Crippen LogP contribution in [-0.2, 0) is 23.9 Å². The van der Waals surface area contributed by atoms with Crippen molar-refractivity contribution < 1.29 is 23.9 Å². The molecule has 0 unspecified atom stereocenters. The predicted octanol–water partition coefficient (Wildman–Crippen LogP) is 2.84. The Balaban J connectivity index is 1.95. The lowest BCUT2D eigenvalue weighted by atomic mass is 9.98. The highest BCUT2D eigenvalue weighted by molar-refractivity contribution is 8.01. The number of esters is 2. The number of unbranched alkanes of at least 4 members (excludes halogenated alkanes) is 2. The first-order valence-electron chi connectivity index (χ1n) is 8.51. The fourth-order valence-corrected chi connectivity index (χ4v) is 4.74. The summed E-state index contributed by atoms with van der Waals surface area (Å²) in [7, 11) is 0. The first-order valence-corrected chi connectivity index (χ1v) is 9.39. The summed E-state index contributed by atoms with van der Waals surface area (Å²) in [5, 5.41) is 0.0461. The van der Waals surface area contributed by atoms with Gasteiger partial charge >= 0.3 is 11.9 Å². The van der Waals surface area contributed by atoms with Crippen LogP contribution in [0.4, 0.5) is 0 Å². The number of hydrogen-bond acceptors (Lipinski definition) is 6. The number of rotatable bonds is 7. The number of carbonyl (C=O) groups excluding carboxylic acids is 3. The topological polar surface area (TPSA) is 72.9 Å². The van der Waals surface area contributed by atoms with Crippen molar-refractivity contribution in [2.45, 2.75) is 88.7 Å². The molecular formula is C17H27NO5S. The fourth-order valence-electron chi connectivity index (χ4n) is 3.12. The molecule has 6 nitrogen and oxygen atoms in total. The monoisotopic (exact) mass is 357 g/mol. The van der Waals surface area contributed by atoms with Crippen molar-refractivity contribution >= 4 is 29.6 Å². The minimum absolute atomic E-state index is 0.0330. The third-order valence-electron chi connectivity index (χ3n) is 4.24. The lowest BCUT2D eigenvalue weighted by molar-refractivity contribution is -0.221. The van der Waals surface area contributed by atoms with Crippen LogP contribution in [0.5, 0.6) is 0 Å². The Kier molecular flexibility index (Phi) is 5.52. The second-order valence-corrected chi connectivity index (χ2v) is 9.17. The van der Waals surface area contributed by atoms with Gasteiger partial charge < -0.3 is 14.4 Å². The number of hydrogen-bond donors (Lipinski definition) is 0. The smallest absolute Gasteiger partial charge is 0.333 e. The molecule has 0 aromatic rings. The zero-order valence-corrected chi connectivity index (χ0v) is 15.9. The van der Waals surface area contributed by atoms with Crippen molar-refractivity contribution in [2.24, 2.45) is 0 Å². The van der Waals surface area contributed by atoms with Gasteiger partial charge in [-0.15, -0.1) is 11.8 Å². The molecule has 0 saturated carbocycles. The molecule has 0 aromatic carbocycles. The van der Waals surface area contributed by atoms with Gasteiger partial charge in [-0.2, -0.15) is 0 Å². The van der Waals surface area contributed by atoms with E-state index < -0.39 is 22.5 Å². The molecule has 2 fully saturated rings. The number of ether oxygens (including phenoxy) is 2. The molecule has 0 radical (unpaired) electrons. The van der Waals surface area contributed by atoms with E-state index in [0.717, 1.165) is 19.3 Å². The molecule has 2 rings (SSSR count). The highest BCUT2D eigenvalue weighted by Gasteiger charge is 2.59. The average molecular weight is 357 g/mol. The van der Waals surface area contributed by atoms with Crippen molar-refractivity contribution in [3.05, 3.63) is 0 Å². The van der Waals surface area contributed by atoms with E-state index >= 15 is 0 Å². The van der Waals surface area contributed by atoms with Crippen LogP contribution in [0.1, 0.15) is 66.7 Å². The summed E-state index contributed by atoms with van der Waals surface area (Å²) in [6, 6.07) is -0.646. The molecule has 1 amide bonds. The van der Waals surface area contributed by atoms with Crippen LogP contribution < -0.4 is 0 Å². The lowest BCUT2D eigenvalue weighted by Crippen LogP contribution is -2.58. The van der Waals surface area contributed by atoms with Crippen LogP contribution >= 0.6 is 11.8 Å². The number of β-lactam (4-membered cyclic amide) rings is 1. The Morgan fingerprint density at radius 2 is 1.96 bits per heavy atom. The largest absolute Gasteiger partial charge is 0.423 e. The summed E-state index contributed by atoms with van der Waals surface area (Å²) in [5.41, 5.74) is 0. The van der Waals surface area contributed by atoms with Gasteiger partial charge in [0.05, 0.1) is 11.8 Å². The summed E-state index contributed by atoms with van der Waals surface area (Å²) in [6.07, 6.45) is 3.52. The molecule has 2 atom stereocenters. The standard InChI is InChI=1S/C17H27NO5S/c1-6-7-8-9-13(20)22-17(4,5)23-15(21)14-16(2,3)24-12-10-11(19)18(12)14/h12,14H,6-10H2,1-5H3/t12-,14+/m1/s1. The summed E-state index contributed by atoms with van der Waals surface area (Å²) in [4.78, 5) is 37.9. The van der Waals surface area contributed by atoms with Crippen LogP contribution in [0.3, 0.4) is 0 Å². The van der Waals surface area contributed by atoms with Gasteiger partial charge in [0.2, 0.25) is 5.91 Å². The van der Waals surface area contributed by atoms with E-state index in [1.165, 1.54) is 0 Å². The quantitative estimate of drug-likeness (QED) is 0.302. The molecule has 0 bridgehead atoms. The first kappa shape index (κ1) is 19.1. The second-order valence-electron chi connectivity index (χ2n) is 7.34. The van der Waals surface area contributed by atoms with Crippen molar-refractivity contribution in [1.82, 2.24) is 4.90 Å². The Morgan fingerprint density at radius 3 is 2.54 bits per heavy atom. The highest BCUT2D eigenvalue weighted by Crippen LogP contribution is 2.51. The van der Waals surface area contributed by atoms with Gasteiger partial charge in [0, 0.05) is 25.0 Å². The molecule has 136 valence electrons. The van der Waals surface area contributed by atoms with E-state index in [1.54, 1.807) is 30.5 Å². The normalized spacial score (nSPS) is 25.0. The maximum Gasteiger partial charge on any atom is 0.333 e. The van der Waals surface area contributed by atoms with Gasteiger partial charge in [0.15, 0.2) is 0 Å². The third kappa shape index (κ3) is 4.05. The summed E-state index contributed by atoms with van der Waals surface area (Å²) >= 11 is 1.61. The summed E-state index contributed by atoms with van der Waals surface area (Å²) in [6.45, 7) is 9.01. The maximum absolute atomic E-state index is 12.6. The average Bonchev–Trinajstić information content (AvgIpc) is 2.64. The van der Waals surface area contributed by atoms with E-state index in [4.69, 9.17) is 9.47 Å². The van der Waals surface area contributed by atoms with Gasteiger partial charge in [0.25, 0.3) is 5.79 Å². The van der Waals surface area contributed by atoms with Gasteiger partial charge in [-0.25, -0.2) is 4.79 Å². The predicted molar refractivity (Wildman–Crippen MR) is 91.1 cm³/mol. The Morgan fingerprint density at radius 1 is 1.29 bits per heavy atom. The number of fused-ring (bicyclic) bond motifs is 1. The third-order valence-corrected chi connectivity index (χ3v) is 5.73. The van der Waals surface area contributed by atoms with E-state index in [0.29, 0.717) is 12.8 Å². The Labute approximate surface area is 147 Å². The van der Waals surface area contributed by atoms with Crippen molar-refractivity contribution in [3.8, 4) is 0 Å². The Bertz CT molecular complexity index is 531. The number of thioether (sulfide) groups is 1. The minimum atomic E-state index is -1.34. The van der Waals surface area contributed by atoms with E-state index in [1.807, 2.05) is 13.8 Å². The van der Waals surface area contributed by atoms with Crippen LogP contribution in [-0.4, -0.2) is 44.7 Å². The molecule has 2 aliphatic rings. The van der Waals surface area contributed by atoms with Crippen LogP contribution in [0, 0.1) is 0 Å². The highest BCUT2D eigenvalue weighted by atomic mass is 32.2. The number of nitrogens with zero attached hydrogens (tertiary/aromatic N) is 1. The minimum Gasteiger partial charge on any atom is -0.423 e. The van der Waals surface area contributed by atoms with E-state index in [-0.39, 0.29) is 17.3 Å². The molecule has 24 heavy (non-hydrogen) atoms. The van der Waals surface area contributed by atoms with Crippen molar-refractivity contribution in [2.75, 3.05) is 0 Å². The van der Waals surface area contributed by atoms with Gasteiger partial charge in [-0.05, 0) is 20.3 Å². The fraction of sp³-hybridized carbons (Fsp3) is 0.824. The number of amides is 1. The lowest BCUT2D eigenvalue weighted by Gasteiger charge is -2.38.